The van der Waals surface area contributed by atoms with Crippen molar-refractivity contribution >= 4 is 28.6 Å². The third kappa shape index (κ3) is 4.51. The fourth-order valence-electron chi connectivity index (χ4n) is 4.51. The van der Waals surface area contributed by atoms with E-state index in [0.29, 0.717) is 34.5 Å². The number of phenolic OH excluding ortho intramolecular Hbond substituents is 1. The number of H-pyrrole nitrogens is 1. The summed E-state index contributed by atoms with van der Waals surface area (Å²) in [6, 6.07) is 10.7. The van der Waals surface area contributed by atoms with Crippen LogP contribution in [0.5, 0.6) is 17.4 Å². The molecule has 2 aromatic heterocycles. The maximum Gasteiger partial charge on any atom is 0.251 e. The van der Waals surface area contributed by atoms with Gasteiger partial charge >= 0.3 is 0 Å². The summed E-state index contributed by atoms with van der Waals surface area (Å²) in [6.07, 6.45) is 6.16. The smallest absolute Gasteiger partial charge is 0.251 e. The zero-order chi connectivity index (χ0) is 25.2. The summed E-state index contributed by atoms with van der Waals surface area (Å²) in [5, 5.41) is 16.9. The van der Waals surface area contributed by atoms with E-state index in [1.165, 1.54) is 0 Å². The Morgan fingerprint density at radius 2 is 1.94 bits per heavy atom. The third-order valence-corrected chi connectivity index (χ3v) is 6.54. The number of phenols is 1. The molecule has 1 fully saturated rings. The predicted molar refractivity (Wildman–Crippen MR) is 138 cm³/mol. The monoisotopic (exact) mass is 487 g/mol. The Labute approximate surface area is 208 Å². The Balaban J connectivity index is 1.57. The van der Waals surface area contributed by atoms with Crippen molar-refractivity contribution in [2.45, 2.75) is 38.7 Å². The van der Waals surface area contributed by atoms with E-state index in [4.69, 9.17) is 14.5 Å². The van der Waals surface area contributed by atoms with E-state index >= 15 is 0 Å². The summed E-state index contributed by atoms with van der Waals surface area (Å²) in [6.45, 7) is 1.86. The van der Waals surface area contributed by atoms with Crippen molar-refractivity contribution in [2.75, 3.05) is 19.5 Å². The molecule has 0 unspecified atom stereocenters. The first-order chi connectivity index (χ1) is 17.5. The van der Waals surface area contributed by atoms with E-state index in [9.17, 15) is 9.90 Å². The first-order valence-electron chi connectivity index (χ1n) is 12.0. The Kier molecular flexibility index (Phi) is 6.37. The summed E-state index contributed by atoms with van der Waals surface area (Å²) in [7, 11) is 3.12. The van der Waals surface area contributed by atoms with Crippen LogP contribution >= 0.6 is 0 Å². The van der Waals surface area contributed by atoms with Gasteiger partial charge in [0, 0.05) is 24.4 Å². The summed E-state index contributed by atoms with van der Waals surface area (Å²) in [4.78, 5) is 24.7. The van der Waals surface area contributed by atoms with Gasteiger partial charge in [0.05, 0.1) is 18.2 Å². The lowest BCUT2D eigenvalue weighted by atomic mass is 10.0. The second-order valence-electron chi connectivity index (χ2n) is 8.92. The maximum atomic E-state index is 12.0. The second kappa shape index (κ2) is 9.77. The molecule has 1 amide bonds. The van der Waals surface area contributed by atoms with Crippen LogP contribution in [0.4, 0.5) is 11.6 Å². The highest BCUT2D eigenvalue weighted by Gasteiger charge is 2.23. The molecule has 0 radical (unpaired) electrons. The number of hydrogen-bond acceptors (Lipinski definition) is 7. The molecule has 0 atom stereocenters. The van der Waals surface area contributed by atoms with Gasteiger partial charge in [-0.3, -0.25) is 4.79 Å². The molecular formula is C27H29N5O4. The molecule has 5 rings (SSSR count). The normalized spacial score (nSPS) is 13.6. The molecule has 0 bridgehead atoms. The minimum Gasteiger partial charge on any atom is -0.508 e. The van der Waals surface area contributed by atoms with Crippen LogP contribution in [0, 0.1) is 6.92 Å². The van der Waals surface area contributed by atoms with Gasteiger partial charge in [-0.15, -0.1) is 0 Å². The quantitative estimate of drug-likeness (QED) is 0.287. The van der Waals surface area contributed by atoms with Gasteiger partial charge in [-0.1, -0.05) is 12.1 Å². The average Bonchev–Trinajstić information content (AvgIpc) is 3.55. The Morgan fingerprint density at radius 3 is 2.67 bits per heavy atom. The SMILES string of the molecule is CNC(=O)c1ccc(Nc2nc(OC3CCCC3)c3c(-c4ccc(C)c(O)c4)c[nH]c3n2)c(OC)c1. The van der Waals surface area contributed by atoms with Crippen LogP contribution in [0.25, 0.3) is 22.2 Å². The molecule has 1 saturated carbocycles. The Bertz CT molecular complexity index is 1430. The molecule has 0 aliphatic heterocycles. The molecule has 1 aliphatic carbocycles. The van der Waals surface area contributed by atoms with Crippen LogP contribution in [-0.4, -0.2) is 46.2 Å². The van der Waals surface area contributed by atoms with Crippen molar-refractivity contribution in [1.82, 2.24) is 20.3 Å². The molecule has 186 valence electrons. The van der Waals surface area contributed by atoms with Gasteiger partial charge in [0.2, 0.25) is 11.8 Å². The van der Waals surface area contributed by atoms with E-state index in [1.807, 2.05) is 25.3 Å². The van der Waals surface area contributed by atoms with Crippen LogP contribution in [0.3, 0.4) is 0 Å². The molecule has 1 aliphatic rings. The number of aromatic amines is 1. The van der Waals surface area contributed by atoms with Crippen molar-refractivity contribution in [3.8, 4) is 28.5 Å². The number of rotatable bonds is 7. The number of hydrogen-bond donors (Lipinski definition) is 4. The van der Waals surface area contributed by atoms with Gasteiger partial charge in [-0.25, -0.2) is 0 Å². The summed E-state index contributed by atoms with van der Waals surface area (Å²) in [5.74, 6) is 1.33. The lowest BCUT2D eigenvalue weighted by molar-refractivity contribution is 0.0962. The van der Waals surface area contributed by atoms with Crippen molar-refractivity contribution in [3.63, 3.8) is 0 Å². The van der Waals surface area contributed by atoms with Gasteiger partial charge in [0.15, 0.2) is 0 Å². The van der Waals surface area contributed by atoms with E-state index in [-0.39, 0.29) is 17.8 Å². The van der Waals surface area contributed by atoms with Gasteiger partial charge in [-0.05, 0) is 68.0 Å². The van der Waals surface area contributed by atoms with Crippen LogP contribution in [0.1, 0.15) is 41.6 Å². The number of aromatic hydroxyl groups is 1. The molecule has 0 saturated heterocycles. The summed E-state index contributed by atoms with van der Waals surface area (Å²) in [5.41, 5.74) is 4.21. The molecule has 2 aromatic carbocycles. The number of benzene rings is 2. The number of nitrogens with one attached hydrogen (secondary N) is 3. The molecule has 9 heteroatoms. The van der Waals surface area contributed by atoms with Crippen molar-refractivity contribution in [2.24, 2.45) is 0 Å². The van der Waals surface area contributed by atoms with Crippen LogP contribution in [0.15, 0.2) is 42.6 Å². The minimum absolute atomic E-state index is 0.0893. The zero-order valence-electron chi connectivity index (χ0n) is 20.5. The van der Waals surface area contributed by atoms with Crippen LogP contribution in [0.2, 0.25) is 0 Å². The number of aromatic nitrogens is 3. The number of ether oxygens (including phenoxy) is 2. The van der Waals surface area contributed by atoms with Crippen LogP contribution in [-0.2, 0) is 0 Å². The van der Waals surface area contributed by atoms with E-state index in [1.54, 1.807) is 38.4 Å². The average molecular weight is 488 g/mol. The van der Waals surface area contributed by atoms with Crippen molar-refractivity contribution in [3.05, 3.63) is 53.7 Å². The highest BCUT2D eigenvalue weighted by Crippen LogP contribution is 2.38. The largest absolute Gasteiger partial charge is 0.508 e. The third-order valence-electron chi connectivity index (χ3n) is 6.54. The van der Waals surface area contributed by atoms with Gasteiger partial charge in [0.1, 0.15) is 23.3 Å². The number of anilines is 2. The predicted octanol–water partition coefficient (Wildman–Crippen LogP) is 5.07. The summed E-state index contributed by atoms with van der Waals surface area (Å²) < 4.78 is 11.9. The lowest BCUT2D eigenvalue weighted by Gasteiger charge is -2.16. The Morgan fingerprint density at radius 1 is 1.14 bits per heavy atom. The molecule has 4 N–H and O–H groups in total. The van der Waals surface area contributed by atoms with Crippen molar-refractivity contribution < 1.29 is 19.4 Å². The topological polar surface area (TPSA) is 121 Å². The number of nitrogens with zero attached hydrogens (tertiary/aromatic N) is 2. The molecule has 9 nitrogen and oxygen atoms in total. The highest BCUT2D eigenvalue weighted by atomic mass is 16.5. The standard InChI is InChI=1S/C27H29N5O4/c1-15-8-9-16(12-21(15)33)19-14-29-24-23(19)26(36-18-6-4-5-7-18)32-27(31-24)30-20-11-10-17(25(34)28-2)13-22(20)35-3/h8-14,18,33H,4-7H2,1-3H3,(H,28,34)(H2,29,30,31,32). The molecule has 36 heavy (non-hydrogen) atoms. The molecule has 2 heterocycles. The number of carbonyl (C=O) groups is 1. The number of aryl methyl sites for hydroxylation is 1. The first kappa shape index (κ1) is 23.5. The fraction of sp³-hybridized carbons (Fsp3) is 0.296. The van der Waals surface area contributed by atoms with Crippen LogP contribution < -0.4 is 20.1 Å². The second-order valence-corrected chi connectivity index (χ2v) is 8.92. The zero-order valence-corrected chi connectivity index (χ0v) is 20.5. The molecule has 0 spiro atoms. The van der Waals surface area contributed by atoms with E-state index in [2.05, 4.69) is 20.6 Å². The first-order valence-corrected chi connectivity index (χ1v) is 12.0. The number of methoxy groups -OCH3 is 1. The number of amides is 1. The number of fused-ring (bicyclic) bond motifs is 1. The lowest BCUT2D eigenvalue weighted by Crippen LogP contribution is -2.17. The van der Waals surface area contributed by atoms with E-state index < -0.39 is 0 Å². The molecule has 4 aromatic rings. The maximum absolute atomic E-state index is 12.0. The van der Waals surface area contributed by atoms with Gasteiger partial charge in [-0.2, -0.15) is 9.97 Å². The molecular weight excluding hydrogens is 458 g/mol. The fourth-order valence-corrected chi connectivity index (χ4v) is 4.51. The Hall–Kier alpha value is -4.27. The van der Waals surface area contributed by atoms with Crippen molar-refractivity contribution in [1.29, 1.82) is 0 Å². The van der Waals surface area contributed by atoms with E-state index in [0.717, 1.165) is 47.8 Å². The van der Waals surface area contributed by atoms with Gasteiger partial charge < -0.3 is 30.2 Å². The minimum atomic E-state index is -0.203. The highest BCUT2D eigenvalue weighted by molar-refractivity contribution is 5.98. The number of carbonyl (C=O) groups excluding carboxylic acids is 1. The van der Waals surface area contributed by atoms with Gasteiger partial charge in [0.25, 0.3) is 5.91 Å². The summed E-state index contributed by atoms with van der Waals surface area (Å²) >= 11 is 0.